The molecular formula is C18H28ClN3O2. The van der Waals surface area contributed by atoms with Gasteiger partial charge in [0.2, 0.25) is 5.91 Å². The Morgan fingerprint density at radius 1 is 1.17 bits per heavy atom. The zero-order chi connectivity index (χ0) is 16.9. The zero-order valence-corrected chi connectivity index (χ0v) is 15.5. The van der Waals surface area contributed by atoms with E-state index in [0.29, 0.717) is 17.8 Å². The van der Waals surface area contributed by atoms with Crippen LogP contribution in [-0.4, -0.2) is 30.4 Å². The summed E-state index contributed by atoms with van der Waals surface area (Å²) in [5, 5.41) is 8.97. The van der Waals surface area contributed by atoms with Gasteiger partial charge in [0.05, 0.1) is 6.54 Å². The number of halogens is 1. The Kier molecular flexibility index (Phi) is 7.70. The molecule has 1 aromatic carbocycles. The molecule has 0 radical (unpaired) electrons. The topological polar surface area (TPSA) is 70.2 Å². The lowest BCUT2D eigenvalue weighted by Crippen LogP contribution is -2.42. The Morgan fingerprint density at radius 3 is 2.33 bits per heavy atom. The number of carbonyl (C=O) groups is 2. The van der Waals surface area contributed by atoms with Gasteiger partial charge in [-0.25, -0.2) is 0 Å². The quantitative estimate of drug-likeness (QED) is 0.673. The van der Waals surface area contributed by atoms with E-state index in [2.05, 4.69) is 16.0 Å². The van der Waals surface area contributed by atoms with Crippen molar-refractivity contribution < 1.29 is 9.59 Å². The van der Waals surface area contributed by atoms with Gasteiger partial charge in [0.1, 0.15) is 0 Å². The van der Waals surface area contributed by atoms with E-state index < -0.39 is 0 Å². The fourth-order valence-electron chi connectivity index (χ4n) is 2.09. The van der Waals surface area contributed by atoms with Gasteiger partial charge in [-0.15, -0.1) is 12.4 Å². The average molecular weight is 354 g/mol. The molecule has 5 nitrogen and oxygen atoms in total. The minimum Gasteiger partial charge on any atom is -0.347 e. The molecular weight excluding hydrogens is 326 g/mol. The Bertz CT molecular complexity index is 554. The minimum atomic E-state index is -0.225. The summed E-state index contributed by atoms with van der Waals surface area (Å²) >= 11 is 0. The molecule has 0 spiro atoms. The van der Waals surface area contributed by atoms with E-state index in [1.807, 2.05) is 20.8 Å². The first-order valence-electron chi connectivity index (χ1n) is 8.33. The van der Waals surface area contributed by atoms with Crippen molar-refractivity contribution in [1.29, 1.82) is 0 Å². The third-order valence-corrected chi connectivity index (χ3v) is 4.18. The van der Waals surface area contributed by atoms with Crippen molar-refractivity contribution in [2.45, 2.75) is 45.6 Å². The van der Waals surface area contributed by atoms with Crippen LogP contribution in [0.4, 0.5) is 5.69 Å². The summed E-state index contributed by atoms with van der Waals surface area (Å²) < 4.78 is 0. The normalized spacial score (nSPS) is 13.8. The Morgan fingerprint density at radius 2 is 1.79 bits per heavy atom. The highest BCUT2D eigenvalue weighted by Crippen LogP contribution is 2.27. The molecule has 1 fully saturated rings. The molecule has 6 heteroatoms. The van der Waals surface area contributed by atoms with Crippen LogP contribution in [0.5, 0.6) is 0 Å². The number of amides is 2. The van der Waals surface area contributed by atoms with Gasteiger partial charge in [0.15, 0.2) is 0 Å². The molecule has 3 N–H and O–H groups in total. The summed E-state index contributed by atoms with van der Waals surface area (Å²) in [6.45, 7) is 7.27. The van der Waals surface area contributed by atoms with Gasteiger partial charge in [0, 0.05) is 16.8 Å². The van der Waals surface area contributed by atoms with Crippen molar-refractivity contribution >= 4 is 29.9 Å². The van der Waals surface area contributed by atoms with E-state index in [0.717, 1.165) is 18.9 Å². The van der Waals surface area contributed by atoms with E-state index in [-0.39, 0.29) is 29.8 Å². The number of hydrogen-bond acceptors (Lipinski definition) is 3. The summed E-state index contributed by atoms with van der Waals surface area (Å²) in [5.74, 6) is 0.601. The fraction of sp³-hybridized carbons (Fsp3) is 0.556. The van der Waals surface area contributed by atoms with Gasteiger partial charge >= 0.3 is 0 Å². The second kappa shape index (κ2) is 9.04. The van der Waals surface area contributed by atoms with Crippen LogP contribution in [0.25, 0.3) is 0 Å². The molecule has 0 aromatic heterocycles. The van der Waals surface area contributed by atoms with Crippen molar-refractivity contribution in [2.24, 2.45) is 5.92 Å². The lowest BCUT2D eigenvalue weighted by molar-refractivity contribution is -0.115. The van der Waals surface area contributed by atoms with Gasteiger partial charge in [-0.2, -0.15) is 0 Å². The van der Waals surface area contributed by atoms with E-state index >= 15 is 0 Å². The highest BCUT2D eigenvalue weighted by molar-refractivity contribution is 5.96. The smallest absolute Gasteiger partial charge is 0.251 e. The van der Waals surface area contributed by atoms with Crippen LogP contribution < -0.4 is 16.0 Å². The van der Waals surface area contributed by atoms with Gasteiger partial charge in [-0.05, 0) is 69.8 Å². The van der Waals surface area contributed by atoms with Crippen LogP contribution in [0, 0.1) is 5.92 Å². The minimum absolute atomic E-state index is 0. The highest BCUT2D eigenvalue weighted by Gasteiger charge is 2.21. The van der Waals surface area contributed by atoms with Crippen molar-refractivity contribution in [2.75, 3.05) is 18.4 Å². The van der Waals surface area contributed by atoms with Gasteiger partial charge < -0.3 is 16.0 Å². The summed E-state index contributed by atoms with van der Waals surface area (Å²) in [6, 6.07) is 6.97. The molecule has 1 aliphatic carbocycles. The molecule has 1 aromatic rings. The van der Waals surface area contributed by atoms with Gasteiger partial charge in [-0.3, -0.25) is 9.59 Å². The molecule has 24 heavy (non-hydrogen) atoms. The standard InChI is InChI=1S/C18H27N3O2.ClH/c1-4-18(2,3)21-17(23)14-7-9-15(10-8-14)20-16(22)12-19-11-13-5-6-13;/h7-10,13,19H,4-6,11-12H2,1-3H3,(H,20,22)(H,21,23);1H. The second-order valence-electron chi connectivity index (χ2n) is 6.89. The van der Waals surface area contributed by atoms with Crippen LogP contribution in [0.3, 0.4) is 0 Å². The lowest BCUT2D eigenvalue weighted by atomic mass is 10.0. The van der Waals surface area contributed by atoms with Crippen LogP contribution in [0.15, 0.2) is 24.3 Å². The lowest BCUT2D eigenvalue weighted by Gasteiger charge is -2.24. The molecule has 1 aliphatic rings. The Labute approximate surface area is 150 Å². The fourth-order valence-corrected chi connectivity index (χ4v) is 2.09. The van der Waals surface area contributed by atoms with E-state index in [4.69, 9.17) is 0 Å². The first kappa shape index (κ1) is 20.5. The van der Waals surface area contributed by atoms with Crippen LogP contribution in [0.2, 0.25) is 0 Å². The predicted molar refractivity (Wildman–Crippen MR) is 99.7 cm³/mol. The average Bonchev–Trinajstić information content (AvgIpc) is 3.32. The predicted octanol–water partition coefficient (Wildman–Crippen LogP) is 2.96. The van der Waals surface area contributed by atoms with Crippen molar-refractivity contribution in [3.8, 4) is 0 Å². The summed E-state index contributed by atoms with van der Waals surface area (Å²) in [4.78, 5) is 24.0. The zero-order valence-electron chi connectivity index (χ0n) is 14.6. The molecule has 0 aliphatic heterocycles. The first-order valence-corrected chi connectivity index (χ1v) is 8.33. The molecule has 0 saturated heterocycles. The van der Waals surface area contributed by atoms with Gasteiger partial charge in [0.25, 0.3) is 5.91 Å². The molecule has 1 saturated carbocycles. The molecule has 0 bridgehead atoms. The molecule has 0 unspecified atom stereocenters. The third-order valence-electron chi connectivity index (χ3n) is 4.18. The summed E-state index contributed by atoms with van der Waals surface area (Å²) in [5.41, 5.74) is 1.07. The molecule has 0 atom stereocenters. The Balaban J connectivity index is 0.00000288. The van der Waals surface area contributed by atoms with Crippen LogP contribution in [-0.2, 0) is 4.79 Å². The van der Waals surface area contributed by atoms with Crippen LogP contribution >= 0.6 is 12.4 Å². The second-order valence-corrected chi connectivity index (χ2v) is 6.89. The van der Waals surface area contributed by atoms with Crippen molar-refractivity contribution in [3.63, 3.8) is 0 Å². The third kappa shape index (κ3) is 6.89. The van der Waals surface area contributed by atoms with Crippen molar-refractivity contribution in [1.82, 2.24) is 10.6 Å². The number of nitrogens with one attached hydrogen (secondary N) is 3. The van der Waals surface area contributed by atoms with E-state index in [1.165, 1.54) is 12.8 Å². The largest absolute Gasteiger partial charge is 0.347 e. The van der Waals surface area contributed by atoms with E-state index in [1.54, 1.807) is 24.3 Å². The number of anilines is 1. The maximum absolute atomic E-state index is 12.2. The number of carbonyl (C=O) groups excluding carboxylic acids is 2. The maximum atomic E-state index is 12.2. The SMILES string of the molecule is CCC(C)(C)NC(=O)c1ccc(NC(=O)CNCC2CC2)cc1.Cl. The first-order chi connectivity index (χ1) is 10.9. The summed E-state index contributed by atoms with van der Waals surface area (Å²) in [7, 11) is 0. The molecule has 2 rings (SSSR count). The molecule has 2 amide bonds. The maximum Gasteiger partial charge on any atom is 0.251 e. The molecule has 0 heterocycles. The molecule has 134 valence electrons. The Hall–Kier alpha value is -1.59. The number of benzene rings is 1. The van der Waals surface area contributed by atoms with Crippen LogP contribution in [0.1, 0.15) is 50.4 Å². The number of hydrogen-bond donors (Lipinski definition) is 3. The van der Waals surface area contributed by atoms with E-state index in [9.17, 15) is 9.59 Å². The van der Waals surface area contributed by atoms with Crippen molar-refractivity contribution in [3.05, 3.63) is 29.8 Å². The highest BCUT2D eigenvalue weighted by atomic mass is 35.5. The monoisotopic (exact) mass is 353 g/mol. The van der Waals surface area contributed by atoms with Gasteiger partial charge in [-0.1, -0.05) is 6.92 Å². The summed E-state index contributed by atoms with van der Waals surface area (Å²) in [6.07, 6.45) is 3.40. The number of rotatable bonds is 8.